The van der Waals surface area contributed by atoms with Crippen molar-refractivity contribution in [1.82, 2.24) is 20.1 Å². The fraction of sp³-hybridized carbons (Fsp3) is 0.556. The van der Waals surface area contributed by atoms with Gasteiger partial charge in [-0.3, -0.25) is 4.68 Å². The first-order valence-electron chi connectivity index (χ1n) is 8.77. The average Bonchev–Trinajstić information content (AvgIpc) is 3.23. The van der Waals surface area contributed by atoms with Gasteiger partial charge in [0.25, 0.3) is 0 Å². The molecule has 2 aliphatic rings. The minimum absolute atomic E-state index is 0.834. The molecule has 0 amide bonds. The summed E-state index contributed by atoms with van der Waals surface area (Å²) in [6, 6.07) is 6.66. The highest BCUT2D eigenvalue weighted by Crippen LogP contribution is 2.20. The van der Waals surface area contributed by atoms with E-state index in [-0.39, 0.29) is 0 Å². The van der Waals surface area contributed by atoms with Gasteiger partial charge in [0.05, 0.1) is 5.69 Å². The van der Waals surface area contributed by atoms with E-state index in [0.29, 0.717) is 0 Å². The van der Waals surface area contributed by atoms with Gasteiger partial charge in [0.2, 0.25) is 0 Å². The Bertz CT molecular complexity index is 663. The van der Waals surface area contributed by atoms with E-state index in [2.05, 4.69) is 45.1 Å². The zero-order valence-corrected chi connectivity index (χ0v) is 13.9. The molecular formula is C18H25N5. The van der Waals surface area contributed by atoms with Crippen molar-refractivity contribution >= 4 is 5.82 Å². The molecule has 2 aromatic heterocycles. The van der Waals surface area contributed by atoms with Crippen LogP contribution >= 0.6 is 0 Å². The van der Waals surface area contributed by atoms with Crippen LogP contribution in [-0.2, 0) is 26.1 Å². The van der Waals surface area contributed by atoms with Crippen LogP contribution in [0.5, 0.6) is 0 Å². The Labute approximate surface area is 137 Å². The number of fused-ring (bicyclic) bond motifs is 1. The fourth-order valence-electron chi connectivity index (χ4n) is 3.67. The number of aromatic nitrogens is 3. The Morgan fingerprint density at radius 1 is 1.04 bits per heavy atom. The topological polar surface area (TPSA) is 46.0 Å². The van der Waals surface area contributed by atoms with Crippen LogP contribution in [0.3, 0.4) is 0 Å². The van der Waals surface area contributed by atoms with E-state index in [9.17, 15) is 0 Å². The summed E-state index contributed by atoms with van der Waals surface area (Å²) in [6.45, 7) is 7.15. The van der Waals surface area contributed by atoms with Crippen molar-refractivity contribution in [2.24, 2.45) is 0 Å². The highest BCUT2D eigenvalue weighted by molar-refractivity contribution is 5.43. The third kappa shape index (κ3) is 3.24. The third-order valence-electron chi connectivity index (χ3n) is 4.78. The molecule has 0 saturated carbocycles. The van der Waals surface area contributed by atoms with Gasteiger partial charge in [0.1, 0.15) is 5.82 Å². The van der Waals surface area contributed by atoms with Crippen LogP contribution in [0.4, 0.5) is 5.82 Å². The second kappa shape index (κ2) is 6.32. The number of rotatable bonds is 5. The molecule has 5 nitrogen and oxygen atoms in total. The Morgan fingerprint density at radius 2 is 1.91 bits per heavy atom. The quantitative estimate of drug-likeness (QED) is 0.921. The van der Waals surface area contributed by atoms with E-state index < -0.39 is 0 Å². The minimum atomic E-state index is 0.834. The molecule has 1 saturated heterocycles. The molecule has 5 heteroatoms. The number of nitrogens with one attached hydrogen (secondary N) is 1. The molecule has 4 rings (SSSR count). The van der Waals surface area contributed by atoms with Crippen LogP contribution in [0, 0.1) is 6.92 Å². The number of aryl methyl sites for hydroxylation is 3. The molecule has 0 unspecified atom stereocenters. The molecule has 1 N–H and O–H groups in total. The van der Waals surface area contributed by atoms with Crippen LogP contribution in [0.25, 0.3) is 0 Å². The molecule has 0 atom stereocenters. The van der Waals surface area contributed by atoms with Crippen LogP contribution < -0.4 is 10.2 Å². The molecule has 0 spiro atoms. The molecule has 2 aromatic rings. The van der Waals surface area contributed by atoms with Crippen molar-refractivity contribution in [3.05, 3.63) is 40.8 Å². The van der Waals surface area contributed by atoms with Gasteiger partial charge in [-0.25, -0.2) is 4.98 Å². The van der Waals surface area contributed by atoms with Crippen LogP contribution in [0.2, 0.25) is 0 Å². The third-order valence-corrected chi connectivity index (χ3v) is 4.78. The number of nitrogens with zero attached hydrogens (tertiary/aromatic N) is 4. The summed E-state index contributed by atoms with van der Waals surface area (Å²) in [7, 11) is 0. The highest BCUT2D eigenvalue weighted by atomic mass is 15.3. The summed E-state index contributed by atoms with van der Waals surface area (Å²) < 4.78 is 2.15. The molecule has 0 aliphatic carbocycles. The molecule has 0 aromatic carbocycles. The van der Waals surface area contributed by atoms with Crippen molar-refractivity contribution in [2.75, 3.05) is 18.0 Å². The van der Waals surface area contributed by atoms with Crippen molar-refractivity contribution in [2.45, 2.75) is 52.2 Å². The van der Waals surface area contributed by atoms with Gasteiger partial charge >= 0.3 is 0 Å². The molecule has 122 valence electrons. The Kier molecular flexibility index (Phi) is 4.04. The summed E-state index contributed by atoms with van der Waals surface area (Å²) in [4.78, 5) is 7.10. The van der Waals surface area contributed by atoms with Crippen molar-refractivity contribution < 1.29 is 0 Å². The van der Waals surface area contributed by atoms with E-state index in [1.54, 1.807) is 0 Å². The van der Waals surface area contributed by atoms with Crippen LogP contribution in [0.15, 0.2) is 18.2 Å². The normalized spacial score (nSPS) is 17.0. The Morgan fingerprint density at radius 3 is 2.74 bits per heavy atom. The second-order valence-corrected chi connectivity index (χ2v) is 6.73. The van der Waals surface area contributed by atoms with Crippen LogP contribution in [0.1, 0.15) is 41.9 Å². The lowest BCUT2D eigenvalue weighted by Gasteiger charge is -2.18. The molecule has 23 heavy (non-hydrogen) atoms. The zero-order chi connectivity index (χ0) is 15.6. The van der Waals surface area contributed by atoms with Gasteiger partial charge < -0.3 is 10.2 Å². The SMILES string of the molecule is Cc1cc(CNCc2cc3n(n2)CCC3)cc(N2CCCC2)n1. The van der Waals surface area contributed by atoms with Crippen molar-refractivity contribution in [1.29, 1.82) is 0 Å². The summed E-state index contributed by atoms with van der Waals surface area (Å²) in [6.07, 6.45) is 4.99. The molecule has 0 bridgehead atoms. The zero-order valence-electron chi connectivity index (χ0n) is 13.9. The van der Waals surface area contributed by atoms with Crippen LogP contribution in [-0.4, -0.2) is 27.9 Å². The first kappa shape index (κ1) is 14.7. The lowest BCUT2D eigenvalue weighted by atomic mass is 10.2. The number of hydrogen-bond donors (Lipinski definition) is 1. The predicted octanol–water partition coefficient (Wildman–Crippen LogP) is 2.42. The van der Waals surface area contributed by atoms with Gasteiger partial charge in [-0.1, -0.05) is 0 Å². The summed E-state index contributed by atoms with van der Waals surface area (Å²) in [5, 5.41) is 8.18. The van der Waals surface area contributed by atoms with Crippen molar-refractivity contribution in [3.63, 3.8) is 0 Å². The smallest absolute Gasteiger partial charge is 0.129 e. The lowest BCUT2D eigenvalue weighted by molar-refractivity contribution is 0.617. The second-order valence-electron chi connectivity index (χ2n) is 6.73. The van der Waals surface area contributed by atoms with E-state index in [1.165, 1.54) is 36.9 Å². The maximum Gasteiger partial charge on any atom is 0.129 e. The molecular weight excluding hydrogens is 286 g/mol. The van der Waals surface area contributed by atoms with E-state index >= 15 is 0 Å². The molecule has 0 radical (unpaired) electrons. The highest BCUT2D eigenvalue weighted by Gasteiger charge is 2.15. The average molecular weight is 311 g/mol. The van der Waals surface area contributed by atoms with E-state index in [4.69, 9.17) is 4.98 Å². The van der Waals surface area contributed by atoms with Gasteiger partial charge in [-0.2, -0.15) is 5.10 Å². The van der Waals surface area contributed by atoms with Gasteiger partial charge in [0.15, 0.2) is 0 Å². The first-order chi connectivity index (χ1) is 11.3. The lowest BCUT2D eigenvalue weighted by Crippen LogP contribution is -2.20. The summed E-state index contributed by atoms with van der Waals surface area (Å²) >= 11 is 0. The van der Waals surface area contributed by atoms with Crippen molar-refractivity contribution in [3.8, 4) is 0 Å². The van der Waals surface area contributed by atoms with Gasteiger partial charge in [-0.05, 0) is 56.4 Å². The largest absolute Gasteiger partial charge is 0.357 e. The maximum absolute atomic E-state index is 4.70. The Hall–Kier alpha value is -1.88. The maximum atomic E-state index is 4.70. The molecule has 2 aliphatic heterocycles. The fourth-order valence-corrected chi connectivity index (χ4v) is 3.67. The number of pyridine rings is 1. The van der Waals surface area contributed by atoms with Gasteiger partial charge in [-0.15, -0.1) is 0 Å². The first-order valence-corrected chi connectivity index (χ1v) is 8.77. The standard InChI is InChI=1S/C18H25N5/c1-14-9-15(10-18(20-14)22-6-2-3-7-22)12-19-13-16-11-17-5-4-8-23(17)21-16/h9-11,19H,2-8,12-13H2,1H3. The minimum Gasteiger partial charge on any atom is -0.357 e. The number of anilines is 1. The summed E-state index contributed by atoms with van der Waals surface area (Å²) in [5.41, 5.74) is 4.96. The summed E-state index contributed by atoms with van der Waals surface area (Å²) in [5.74, 6) is 1.14. The monoisotopic (exact) mass is 311 g/mol. The molecule has 1 fully saturated rings. The Balaban J connectivity index is 1.38. The van der Waals surface area contributed by atoms with E-state index in [1.807, 2.05) is 0 Å². The van der Waals surface area contributed by atoms with Gasteiger partial charge in [0, 0.05) is 44.1 Å². The predicted molar refractivity (Wildman–Crippen MR) is 91.5 cm³/mol. The van der Waals surface area contributed by atoms with E-state index in [0.717, 1.165) is 49.9 Å². The number of hydrogen-bond acceptors (Lipinski definition) is 4. The molecule has 4 heterocycles.